The highest BCUT2D eigenvalue weighted by Gasteiger charge is 2.39. The first-order valence-corrected chi connectivity index (χ1v) is 14.3. The van der Waals surface area contributed by atoms with Crippen LogP contribution in [0.25, 0.3) is 0 Å². The maximum atomic E-state index is 15.0. The summed E-state index contributed by atoms with van der Waals surface area (Å²) < 4.78 is 21.5. The first kappa shape index (κ1) is 24.5. The maximum Gasteiger partial charge on any atom is 0.250 e. The van der Waals surface area contributed by atoms with Crippen molar-refractivity contribution in [3.63, 3.8) is 0 Å². The Bertz CT molecular complexity index is 1330. The van der Waals surface area contributed by atoms with Crippen LogP contribution in [0.1, 0.15) is 43.7 Å². The molecule has 2 aromatic carbocycles. The number of pyridine rings is 1. The molecular weight excluding hydrogens is 461 g/mol. The van der Waals surface area contributed by atoms with E-state index in [1.165, 1.54) is 6.07 Å². The van der Waals surface area contributed by atoms with Gasteiger partial charge in [-0.25, -0.2) is 9.37 Å². The molecule has 1 aliphatic rings. The van der Waals surface area contributed by atoms with Gasteiger partial charge < -0.3 is 25.5 Å². The Balaban J connectivity index is 1.70. The zero-order chi connectivity index (χ0) is 25.5. The van der Waals surface area contributed by atoms with Gasteiger partial charge in [-0.1, -0.05) is 20.8 Å². The van der Waals surface area contributed by atoms with Gasteiger partial charge in [-0.05, 0) is 61.0 Å². The lowest BCUT2D eigenvalue weighted by Crippen LogP contribution is -2.44. The summed E-state index contributed by atoms with van der Waals surface area (Å²) in [6.07, 6.45) is 0.426. The lowest BCUT2D eigenvalue weighted by molar-refractivity contribution is 0.210. The molecule has 1 atom stereocenters. The van der Waals surface area contributed by atoms with Crippen molar-refractivity contribution in [3.05, 3.63) is 65.1 Å². The fraction of sp³-hybridized carbons (Fsp3) is 0.308. The number of halogens is 1. The van der Waals surface area contributed by atoms with Crippen LogP contribution < -0.4 is 20.4 Å². The van der Waals surface area contributed by atoms with Gasteiger partial charge in [-0.15, -0.1) is 0 Å². The van der Waals surface area contributed by atoms with E-state index in [9.17, 15) is 10.4 Å². The average molecular weight is 492 g/mol. The lowest BCUT2D eigenvalue weighted by Gasteiger charge is -2.37. The summed E-state index contributed by atoms with van der Waals surface area (Å²) in [6.45, 7) is 12.6. The molecule has 0 spiro atoms. The molecule has 182 valence electrons. The summed E-state index contributed by atoms with van der Waals surface area (Å²) in [5.41, 5.74) is 3.55. The summed E-state index contributed by atoms with van der Waals surface area (Å²) in [5, 5.41) is 29.5. The molecule has 2 heterocycles. The summed E-state index contributed by atoms with van der Waals surface area (Å²) in [7, 11) is -2.14. The Morgan fingerprint density at radius 1 is 1.14 bits per heavy atom. The molecule has 4 rings (SSSR count). The molecule has 0 aliphatic carbocycles. The molecule has 3 aromatic rings. The third kappa shape index (κ3) is 4.80. The van der Waals surface area contributed by atoms with Gasteiger partial charge >= 0.3 is 0 Å². The number of hydrogen-bond acceptors (Lipinski definition) is 7. The monoisotopic (exact) mass is 491 g/mol. The minimum absolute atomic E-state index is 0.00823. The van der Waals surface area contributed by atoms with E-state index in [-0.39, 0.29) is 10.7 Å². The molecule has 35 heavy (non-hydrogen) atoms. The third-order valence-electron chi connectivity index (χ3n) is 6.66. The molecule has 1 unspecified atom stereocenters. The number of aromatic nitrogens is 1. The van der Waals surface area contributed by atoms with Crippen LogP contribution in [0, 0.1) is 24.1 Å². The highest BCUT2D eigenvalue weighted by atomic mass is 28.4. The zero-order valence-electron chi connectivity index (χ0n) is 20.7. The van der Waals surface area contributed by atoms with Crippen LogP contribution in [-0.4, -0.2) is 18.4 Å². The van der Waals surface area contributed by atoms with Crippen LogP contribution in [0.2, 0.25) is 18.1 Å². The van der Waals surface area contributed by atoms with Gasteiger partial charge in [-0.2, -0.15) is 5.26 Å². The number of hydrogen-bond donors (Lipinski definition) is 4. The Morgan fingerprint density at radius 3 is 2.57 bits per heavy atom. The third-order valence-corrected chi connectivity index (χ3v) is 11.0. The summed E-state index contributed by atoms with van der Waals surface area (Å²) >= 11 is 0. The first-order valence-electron chi connectivity index (χ1n) is 11.4. The predicted octanol–water partition coefficient (Wildman–Crippen LogP) is 6.69. The topological polar surface area (TPSA) is 102 Å². The second-order valence-corrected chi connectivity index (χ2v) is 15.0. The van der Waals surface area contributed by atoms with Crippen LogP contribution in [-0.2, 0) is 0 Å². The molecule has 4 N–H and O–H groups in total. The molecule has 0 saturated carbocycles. The van der Waals surface area contributed by atoms with Crippen LogP contribution in [0.5, 0.6) is 5.75 Å². The highest BCUT2D eigenvalue weighted by Crippen LogP contribution is 2.42. The molecule has 0 saturated heterocycles. The number of aliphatic hydroxyl groups is 1. The molecule has 0 amide bonds. The molecule has 7 nitrogen and oxygen atoms in total. The second kappa shape index (κ2) is 8.87. The predicted molar refractivity (Wildman–Crippen MR) is 140 cm³/mol. The van der Waals surface area contributed by atoms with Crippen molar-refractivity contribution in [2.45, 2.75) is 52.1 Å². The maximum absolute atomic E-state index is 15.0. The molecule has 9 heteroatoms. The summed E-state index contributed by atoms with van der Waals surface area (Å²) in [6, 6.07) is 12.0. The van der Waals surface area contributed by atoms with E-state index in [4.69, 9.17) is 4.43 Å². The number of anilines is 5. The molecule has 0 fully saturated rings. The van der Waals surface area contributed by atoms with E-state index in [1.54, 1.807) is 36.5 Å². The van der Waals surface area contributed by atoms with Crippen molar-refractivity contribution in [1.29, 1.82) is 5.26 Å². The number of aryl methyl sites for hydroxylation is 1. The molecule has 1 aromatic heterocycles. The molecule has 1 aliphatic heterocycles. The molecule has 0 bridgehead atoms. The van der Waals surface area contributed by atoms with E-state index in [0.717, 1.165) is 5.56 Å². The average Bonchev–Trinajstić information content (AvgIpc) is 2.91. The van der Waals surface area contributed by atoms with E-state index >= 15 is 4.39 Å². The Labute approximate surface area is 206 Å². The number of nitrogens with one attached hydrogen (secondary N) is 3. The van der Waals surface area contributed by atoms with E-state index in [2.05, 4.69) is 60.9 Å². The molecular formula is C26H30FN5O2Si. The van der Waals surface area contributed by atoms with Crippen molar-refractivity contribution in [1.82, 2.24) is 4.98 Å². The quantitative estimate of drug-likeness (QED) is 0.302. The minimum Gasteiger partial charge on any atom is -0.543 e. The van der Waals surface area contributed by atoms with Gasteiger partial charge in [0.05, 0.1) is 39.9 Å². The van der Waals surface area contributed by atoms with Crippen LogP contribution >= 0.6 is 0 Å². The number of nitrogens with zero attached hydrogens (tertiary/aromatic N) is 2. The van der Waals surface area contributed by atoms with Crippen molar-refractivity contribution in [2.75, 3.05) is 16.0 Å². The summed E-state index contributed by atoms with van der Waals surface area (Å²) in [5.74, 6) is 0.624. The zero-order valence-corrected chi connectivity index (χ0v) is 21.7. The standard InChI is InChI=1S/C26H30FN5O2Si/c1-15-11-17(27)20(13-22(15)34-35(5,6)26(2,3)4)30-19-9-10-29-24-23(19)25(33)32-21-12-16(14-28)7-8-18(21)31-24/h7-13,25,32-33H,1-6H3,(H2,29,30,31). The fourth-order valence-corrected chi connectivity index (χ4v) is 4.66. The van der Waals surface area contributed by atoms with Gasteiger partial charge in [-0.3, -0.25) is 0 Å². The second-order valence-electron chi connectivity index (χ2n) is 10.2. The normalized spacial score (nSPS) is 15.0. The van der Waals surface area contributed by atoms with Crippen LogP contribution in [0.4, 0.5) is 33.0 Å². The van der Waals surface area contributed by atoms with E-state index < -0.39 is 20.4 Å². The Morgan fingerprint density at radius 2 is 1.89 bits per heavy atom. The highest BCUT2D eigenvalue weighted by molar-refractivity contribution is 6.74. The Kier molecular flexibility index (Phi) is 6.21. The number of rotatable bonds is 4. The lowest BCUT2D eigenvalue weighted by atomic mass is 10.1. The van der Waals surface area contributed by atoms with E-state index in [0.29, 0.717) is 39.8 Å². The fourth-order valence-electron chi connectivity index (χ4n) is 3.58. The minimum atomic E-state index is -2.14. The molecule has 0 radical (unpaired) electrons. The number of nitriles is 1. The van der Waals surface area contributed by atoms with Crippen molar-refractivity contribution < 1.29 is 13.9 Å². The van der Waals surface area contributed by atoms with Crippen molar-refractivity contribution in [3.8, 4) is 11.8 Å². The number of aliphatic hydroxyl groups excluding tert-OH is 1. The van der Waals surface area contributed by atoms with Gasteiger partial charge in [0.2, 0.25) is 8.32 Å². The first-order chi connectivity index (χ1) is 16.4. The number of benzene rings is 2. The van der Waals surface area contributed by atoms with Crippen LogP contribution in [0.15, 0.2) is 42.6 Å². The SMILES string of the molecule is Cc1cc(F)c(Nc2ccnc3c2C(O)Nc2cc(C#N)ccc2N3)cc1O[Si](C)(C)C(C)(C)C. The van der Waals surface area contributed by atoms with E-state index in [1.807, 2.05) is 6.92 Å². The van der Waals surface area contributed by atoms with Gasteiger partial charge in [0.25, 0.3) is 0 Å². The van der Waals surface area contributed by atoms with Crippen molar-refractivity contribution >= 4 is 36.9 Å². The van der Waals surface area contributed by atoms with Crippen molar-refractivity contribution in [2.24, 2.45) is 0 Å². The van der Waals surface area contributed by atoms with Gasteiger partial charge in [0, 0.05) is 12.3 Å². The van der Waals surface area contributed by atoms with Gasteiger partial charge in [0.15, 0.2) is 6.23 Å². The van der Waals surface area contributed by atoms with Gasteiger partial charge in [0.1, 0.15) is 17.4 Å². The number of fused-ring (bicyclic) bond motifs is 2. The summed E-state index contributed by atoms with van der Waals surface area (Å²) in [4.78, 5) is 4.37. The smallest absolute Gasteiger partial charge is 0.250 e. The largest absolute Gasteiger partial charge is 0.543 e. The Hall–Kier alpha value is -3.61. The van der Waals surface area contributed by atoms with Crippen LogP contribution in [0.3, 0.4) is 0 Å².